The number of aliphatic hydroxyl groups is 1. The van der Waals surface area contributed by atoms with Crippen LogP contribution in [0.25, 0.3) is 0 Å². The Morgan fingerprint density at radius 1 is 1.62 bits per heavy atom. The summed E-state index contributed by atoms with van der Waals surface area (Å²) in [5, 5.41) is 9.02. The predicted octanol–water partition coefficient (Wildman–Crippen LogP) is 0.138. The number of anilines is 1. The van der Waals surface area contributed by atoms with Crippen molar-refractivity contribution in [2.75, 3.05) is 12.3 Å². The topological polar surface area (TPSA) is 85.2 Å². The van der Waals surface area contributed by atoms with Crippen LogP contribution in [-0.2, 0) is 5.54 Å². The first-order valence-corrected chi connectivity index (χ1v) is 4.09. The van der Waals surface area contributed by atoms with E-state index in [0.29, 0.717) is 5.82 Å². The number of nitrogen functional groups attached to an aromatic ring is 1. The van der Waals surface area contributed by atoms with E-state index in [1.807, 2.05) is 13.0 Å². The molecule has 1 atom stereocenters. The van der Waals surface area contributed by atoms with Gasteiger partial charge in [-0.05, 0) is 31.0 Å². The molecule has 0 aliphatic heterocycles. The zero-order valence-corrected chi connectivity index (χ0v) is 7.91. The SMILES string of the molecule is Cc1cc(C(C)(N)CO)cnc1N. The largest absolute Gasteiger partial charge is 0.394 e. The van der Waals surface area contributed by atoms with Gasteiger partial charge in [0.1, 0.15) is 5.82 Å². The maximum absolute atomic E-state index is 9.02. The summed E-state index contributed by atoms with van der Waals surface area (Å²) in [6, 6.07) is 1.85. The van der Waals surface area contributed by atoms with Gasteiger partial charge in [-0.2, -0.15) is 0 Å². The summed E-state index contributed by atoms with van der Waals surface area (Å²) in [6.45, 7) is 3.50. The highest BCUT2D eigenvalue weighted by Crippen LogP contribution is 2.19. The molecule has 0 aromatic carbocycles. The van der Waals surface area contributed by atoms with E-state index in [1.54, 1.807) is 13.1 Å². The normalized spacial score (nSPS) is 15.4. The zero-order chi connectivity index (χ0) is 10.1. The van der Waals surface area contributed by atoms with Crippen LogP contribution < -0.4 is 11.5 Å². The number of nitrogens with two attached hydrogens (primary N) is 2. The second-order valence-electron chi connectivity index (χ2n) is 3.50. The van der Waals surface area contributed by atoms with Crippen LogP contribution in [0.2, 0.25) is 0 Å². The summed E-state index contributed by atoms with van der Waals surface area (Å²) in [7, 11) is 0. The number of nitrogens with zero attached hydrogens (tertiary/aromatic N) is 1. The van der Waals surface area contributed by atoms with E-state index in [1.165, 1.54) is 0 Å². The van der Waals surface area contributed by atoms with Gasteiger partial charge in [0.15, 0.2) is 0 Å². The molecule has 0 saturated heterocycles. The van der Waals surface area contributed by atoms with E-state index >= 15 is 0 Å². The number of pyridine rings is 1. The van der Waals surface area contributed by atoms with Gasteiger partial charge >= 0.3 is 0 Å². The van der Waals surface area contributed by atoms with Crippen LogP contribution in [0.4, 0.5) is 5.82 Å². The number of aromatic nitrogens is 1. The molecule has 1 rings (SSSR count). The highest BCUT2D eigenvalue weighted by molar-refractivity contribution is 5.41. The second-order valence-corrected chi connectivity index (χ2v) is 3.50. The maximum Gasteiger partial charge on any atom is 0.126 e. The summed E-state index contributed by atoms with van der Waals surface area (Å²) in [6.07, 6.45) is 1.60. The summed E-state index contributed by atoms with van der Waals surface area (Å²) in [4.78, 5) is 3.98. The van der Waals surface area contributed by atoms with Gasteiger partial charge in [0, 0.05) is 6.20 Å². The van der Waals surface area contributed by atoms with Crippen molar-refractivity contribution >= 4 is 5.82 Å². The van der Waals surface area contributed by atoms with Gasteiger partial charge in [-0.15, -0.1) is 0 Å². The van der Waals surface area contributed by atoms with Crippen molar-refractivity contribution in [2.24, 2.45) is 5.73 Å². The van der Waals surface area contributed by atoms with Crippen LogP contribution in [0.5, 0.6) is 0 Å². The van der Waals surface area contributed by atoms with E-state index in [0.717, 1.165) is 11.1 Å². The van der Waals surface area contributed by atoms with Crippen LogP contribution in [-0.4, -0.2) is 16.7 Å². The minimum absolute atomic E-state index is 0.113. The number of rotatable bonds is 2. The van der Waals surface area contributed by atoms with Crippen LogP contribution in [0.15, 0.2) is 12.3 Å². The zero-order valence-electron chi connectivity index (χ0n) is 7.91. The monoisotopic (exact) mass is 181 g/mol. The van der Waals surface area contributed by atoms with Gasteiger partial charge in [0.05, 0.1) is 12.1 Å². The van der Waals surface area contributed by atoms with Gasteiger partial charge in [-0.1, -0.05) is 0 Å². The molecule has 0 fully saturated rings. The first-order chi connectivity index (χ1) is 5.97. The van der Waals surface area contributed by atoms with Crippen molar-refractivity contribution < 1.29 is 5.11 Å². The maximum atomic E-state index is 9.02. The lowest BCUT2D eigenvalue weighted by Gasteiger charge is -2.22. The number of hydrogen-bond acceptors (Lipinski definition) is 4. The van der Waals surface area contributed by atoms with E-state index in [2.05, 4.69) is 4.98 Å². The van der Waals surface area contributed by atoms with Gasteiger partial charge in [-0.25, -0.2) is 4.98 Å². The highest BCUT2D eigenvalue weighted by atomic mass is 16.3. The van der Waals surface area contributed by atoms with Crippen molar-refractivity contribution in [3.63, 3.8) is 0 Å². The molecule has 0 bridgehead atoms. The molecule has 1 aromatic heterocycles. The highest BCUT2D eigenvalue weighted by Gasteiger charge is 2.20. The Hall–Kier alpha value is -1.13. The average Bonchev–Trinajstić information content (AvgIpc) is 2.09. The minimum Gasteiger partial charge on any atom is -0.394 e. The fourth-order valence-electron chi connectivity index (χ4n) is 0.989. The van der Waals surface area contributed by atoms with E-state index in [9.17, 15) is 0 Å². The molecule has 13 heavy (non-hydrogen) atoms. The Labute approximate surface area is 77.6 Å². The van der Waals surface area contributed by atoms with Gasteiger partial charge in [0.25, 0.3) is 0 Å². The Bertz CT molecular complexity index is 310. The third kappa shape index (κ3) is 1.96. The molecular weight excluding hydrogens is 166 g/mol. The van der Waals surface area contributed by atoms with E-state index < -0.39 is 5.54 Å². The fraction of sp³-hybridized carbons (Fsp3) is 0.444. The summed E-state index contributed by atoms with van der Waals surface area (Å²) < 4.78 is 0. The van der Waals surface area contributed by atoms with Crippen LogP contribution in [0, 0.1) is 6.92 Å². The molecule has 0 amide bonds. The molecule has 1 aromatic rings. The summed E-state index contributed by atoms with van der Waals surface area (Å²) >= 11 is 0. The molecule has 1 unspecified atom stereocenters. The second kappa shape index (κ2) is 3.32. The lowest BCUT2D eigenvalue weighted by Crippen LogP contribution is -2.37. The Morgan fingerprint density at radius 2 is 2.23 bits per heavy atom. The minimum atomic E-state index is -0.745. The van der Waals surface area contributed by atoms with E-state index in [-0.39, 0.29) is 6.61 Å². The standard InChI is InChI=1S/C9H15N3O/c1-6-3-7(4-12-8(6)10)9(2,11)5-13/h3-4,13H,5,11H2,1-2H3,(H2,10,12). The quantitative estimate of drug-likeness (QED) is 0.605. The first kappa shape index (κ1) is 9.95. The van der Waals surface area contributed by atoms with E-state index in [4.69, 9.17) is 16.6 Å². The molecule has 0 aliphatic rings. The molecule has 0 spiro atoms. The fourth-order valence-corrected chi connectivity index (χ4v) is 0.989. The number of hydrogen-bond donors (Lipinski definition) is 3. The number of aliphatic hydroxyl groups excluding tert-OH is 1. The molecule has 4 nitrogen and oxygen atoms in total. The van der Waals surface area contributed by atoms with Crippen LogP contribution >= 0.6 is 0 Å². The summed E-state index contributed by atoms with van der Waals surface area (Å²) in [5.41, 5.74) is 12.3. The third-order valence-corrected chi connectivity index (χ3v) is 2.11. The lowest BCUT2D eigenvalue weighted by atomic mass is 9.95. The molecule has 0 aliphatic carbocycles. The van der Waals surface area contributed by atoms with Gasteiger partial charge < -0.3 is 16.6 Å². The molecule has 0 saturated carbocycles. The Balaban J connectivity index is 3.10. The molecule has 4 heteroatoms. The Morgan fingerprint density at radius 3 is 2.69 bits per heavy atom. The number of aryl methyl sites for hydroxylation is 1. The first-order valence-electron chi connectivity index (χ1n) is 4.09. The molecule has 5 N–H and O–H groups in total. The smallest absolute Gasteiger partial charge is 0.126 e. The van der Waals surface area contributed by atoms with Crippen molar-refractivity contribution in [2.45, 2.75) is 19.4 Å². The van der Waals surface area contributed by atoms with Crippen LogP contribution in [0.1, 0.15) is 18.1 Å². The molecular formula is C9H15N3O. The molecule has 0 radical (unpaired) electrons. The van der Waals surface area contributed by atoms with Crippen molar-refractivity contribution in [3.8, 4) is 0 Å². The Kier molecular flexibility index (Phi) is 2.54. The average molecular weight is 181 g/mol. The molecule has 1 heterocycles. The van der Waals surface area contributed by atoms with Crippen molar-refractivity contribution in [1.82, 2.24) is 4.98 Å². The van der Waals surface area contributed by atoms with Gasteiger partial charge in [0.2, 0.25) is 0 Å². The predicted molar refractivity (Wildman–Crippen MR) is 52.0 cm³/mol. The van der Waals surface area contributed by atoms with Crippen LogP contribution in [0.3, 0.4) is 0 Å². The van der Waals surface area contributed by atoms with Crippen molar-refractivity contribution in [3.05, 3.63) is 23.4 Å². The van der Waals surface area contributed by atoms with Gasteiger partial charge in [-0.3, -0.25) is 0 Å². The lowest BCUT2D eigenvalue weighted by molar-refractivity contribution is 0.210. The molecule has 72 valence electrons. The van der Waals surface area contributed by atoms with Crippen molar-refractivity contribution in [1.29, 1.82) is 0 Å². The third-order valence-electron chi connectivity index (χ3n) is 2.11. The summed E-state index contributed by atoms with van der Waals surface area (Å²) in [5.74, 6) is 0.498.